The number of rotatable bonds is 6. The van der Waals surface area contributed by atoms with E-state index < -0.39 is 12.0 Å². The number of hydrogen-bond donors (Lipinski definition) is 0. The smallest absolute Gasteiger partial charge is 0.493 e. The van der Waals surface area contributed by atoms with Crippen molar-refractivity contribution in [1.29, 1.82) is 0 Å². The molecular weight excluding hydrogens is 401 g/mol. The van der Waals surface area contributed by atoms with Crippen LogP contribution in [0.2, 0.25) is 0 Å². The van der Waals surface area contributed by atoms with Gasteiger partial charge in [0.25, 0.3) is 0 Å². The molecule has 1 fully saturated rings. The summed E-state index contributed by atoms with van der Waals surface area (Å²) in [6.07, 6.45) is -4.33. The molecule has 1 amide bonds. The number of carbonyl (C=O) groups excluding carboxylic acids is 1. The Labute approximate surface area is 175 Å². The zero-order valence-electron chi connectivity index (χ0n) is 18.2. The number of halogens is 3. The second-order valence-electron chi connectivity index (χ2n) is 8.42. The molecule has 0 radical (unpaired) electrons. The zero-order chi connectivity index (χ0) is 22.5. The Morgan fingerprint density at radius 1 is 1.20 bits per heavy atom. The Morgan fingerprint density at radius 2 is 1.90 bits per heavy atom. The van der Waals surface area contributed by atoms with Crippen LogP contribution in [-0.2, 0) is 11.3 Å². The monoisotopic (exact) mass is 432 g/mol. The highest BCUT2D eigenvalue weighted by molar-refractivity contribution is 5.68. The van der Waals surface area contributed by atoms with Crippen LogP contribution < -0.4 is 9.47 Å². The third-order valence-electron chi connectivity index (χ3n) is 4.46. The summed E-state index contributed by atoms with van der Waals surface area (Å²) in [6.45, 7) is 11.8. The molecule has 0 spiro atoms. The molecule has 1 aromatic rings. The van der Waals surface area contributed by atoms with Crippen LogP contribution in [0, 0.1) is 0 Å². The summed E-state index contributed by atoms with van der Waals surface area (Å²) in [4.78, 5) is 16.1. The summed E-state index contributed by atoms with van der Waals surface area (Å²) in [6, 6.07) is 4.03. The summed E-state index contributed by atoms with van der Waals surface area (Å²) in [5.74, 6) is 0.260. The quantitative estimate of drug-likeness (QED) is 0.645. The van der Waals surface area contributed by atoms with Crippen LogP contribution in [0.5, 0.6) is 11.5 Å². The summed E-state index contributed by atoms with van der Waals surface area (Å²) in [7, 11) is 0. The first kappa shape index (κ1) is 24.1. The van der Waals surface area contributed by atoms with Crippen molar-refractivity contribution < 1.29 is 32.2 Å². The molecule has 0 bridgehead atoms. The minimum Gasteiger partial charge on any atom is -0.493 e. The number of alkyl halides is 3. The standard InChI is InChI=1S/C21H31F3N2O4/c1-6-11-28-18-8-7-17(29-21(22,23)24)12-16(18)14-25-9-10-26(15(2)13-25)19(27)30-20(3,4)5/h7-8,12,15H,6,9-11,13-14H2,1-5H3/t15-/m0/s1. The van der Waals surface area contributed by atoms with E-state index in [0.717, 1.165) is 6.42 Å². The van der Waals surface area contributed by atoms with E-state index in [-0.39, 0.29) is 17.9 Å². The summed E-state index contributed by atoms with van der Waals surface area (Å²) in [5, 5.41) is 0. The average molecular weight is 432 g/mol. The van der Waals surface area contributed by atoms with Gasteiger partial charge in [-0.15, -0.1) is 13.2 Å². The Balaban J connectivity index is 2.09. The number of piperazine rings is 1. The van der Waals surface area contributed by atoms with Crippen LogP contribution in [0.1, 0.15) is 46.6 Å². The lowest BCUT2D eigenvalue weighted by atomic mass is 10.1. The van der Waals surface area contributed by atoms with Crippen molar-refractivity contribution in [2.75, 3.05) is 26.2 Å². The van der Waals surface area contributed by atoms with Gasteiger partial charge in [0.2, 0.25) is 0 Å². The molecule has 1 aliphatic rings. The molecular formula is C21H31F3N2O4. The highest BCUT2D eigenvalue weighted by atomic mass is 19.4. The average Bonchev–Trinajstić information content (AvgIpc) is 2.58. The van der Waals surface area contributed by atoms with Crippen molar-refractivity contribution in [2.45, 2.75) is 65.6 Å². The Bertz CT molecular complexity index is 719. The topological polar surface area (TPSA) is 51.2 Å². The first-order valence-corrected chi connectivity index (χ1v) is 10.1. The van der Waals surface area contributed by atoms with Crippen LogP contribution in [0.4, 0.5) is 18.0 Å². The van der Waals surface area contributed by atoms with E-state index in [1.165, 1.54) is 18.2 Å². The van der Waals surface area contributed by atoms with Gasteiger partial charge in [0, 0.05) is 37.8 Å². The number of ether oxygens (including phenoxy) is 3. The van der Waals surface area contributed by atoms with E-state index >= 15 is 0 Å². The van der Waals surface area contributed by atoms with Crippen LogP contribution in [-0.4, -0.2) is 60.1 Å². The fraction of sp³-hybridized carbons (Fsp3) is 0.667. The third kappa shape index (κ3) is 7.59. The molecule has 0 unspecified atom stereocenters. The van der Waals surface area contributed by atoms with Gasteiger partial charge >= 0.3 is 12.5 Å². The number of hydrogen-bond acceptors (Lipinski definition) is 5. The van der Waals surface area contributed by atoms with Gasteiger partial charge in [-0.3, -0.25) is 4.90 Å². The molecule has 1 heterocycles. The van der Waals surface area contributed by atoms with Crippen molar-refractivity contribution in [3.8, 4) is 11.5 Å². The number of benzene rings is 1. The van der Waals surface area contributed by atoms with Crippen LogP contribution in [0.3, 0.4) is 0 Å². The van der Waals surface area contributed by atoms with Crippen LogP contribution >= 0.6 is 0 Å². The SMILES string of the molecule is CCCOc1ccc(OC(F)(F)F)cc1CN1CCN(C(=O)OC(C)(C)C)[C@@H](C)C1. The van der Waals surface area contributed by atoms with E-state index in [1.807, 2.05) is 34.6 Å². The predicted molar refractivity (Wildman–Crippen MR) is 107 cm³/mol. The molecule has 1 aliphatic heterocycles. The van der Waals surface area contributed by atoms with Gasteiger partial charge in [0.15, 0.2) is 0 Å². The lowest BCUT2D eigenvalue weighted by molar-refractivity contribution is -0.274. The molecule has 30 heavy (non-hydrogen) atoms. The fourth-order valence-corrected chi connectivity index (χ4v) is 3.24. The Hall–Kier alpha value is -2.16. The molecule has 9 heteroatoms. The minimum absolute atomic E-state index is 0.0942. The molecule has 6 nitrogen and oxygen atoms in total. The molecule has 1 atom stereocenters. The second kappa shape index (κ2) is 9.76. The fourth-order valence-electron chi connectivity index (χ4n) is 3.24. The molecule has 0 N–H and O–H groups in total. The normalized spacial score (nSPS) is 18.3. The highest BCUT2D eigenvalue weighted by Crippen LogP contribution is 2.30. The first-order chi connectivity index (χ1) is 13.9. The maximum atomic E-state index is 12.6. The maximum absolute atomic E-state index is 12.6. The van der Waals surface area contributed by atoms with E-state index in [1.54, 1.807) is 4.90 Å². The lowest BCUT2D eigenvalue weighted by Crippen LogP contribution is -2.54. The van der Waals surface area contributed by atoms with Crippen molar-refractivity contribution in [3.05, 3.63) is 23.8 Å². The largest absolute Gasteiger partial charge is 0.573 e. The second-order valence-corrected chi connectivity index (χ2v) is 8.42. The van der Waals surface area contributed by atoms with Gasteiger partial charge in [0.05, 0.1) is 6.61 Å². The van der Waals surface area contributed by atoms with Crippen LogP contribution in [0.15, 0.2) is 18.2 Å². The third-order valence-corrected chi connectivity index (χ3v) is 4.46. The summed E-state index contributed by atoms with van der Waals surface area (Å²) < 4.78 is 53.0. The molecule has 0 aromatic heterocycles. The Kier molecular flexibility index (Phi) is 7.85. The summed E-state index contributed by atoms with van der Waals surface area (Å²) >= 11 is 0. The highest BCUT2D eigenvalue weighted by Gasteiger charge is 2.33. The van der Waals surface area contributed by atoms with E-state index in [9.17, 15) is 18.0 Å². The number of nitrogens with zero attached hydrogens (tertiary/aromatic N) is 2. The van der Waals surface area contributed by atoms with Gasteiger partial charge in [-0.05, 0) is 52.3 Å². The number of amides is 1. The first-order valence-electron chi connectivity index (χ1n) is 10.1. The van der Waals surface area contributed by atoms with Gasteiger partial charge < -0.3 is 19.1 Å². The van der Waals surface area contributed by atoms with E-state index in [0.29, 0.717) is 44.1 Å². The molecule has 2 rings (SSSR count). The lowest BCUT2D eigenvalue weighted by Gasteiger charge is -2.40. The van der Waals surface area contributed by atoms with Gasteiger partial charge in [0.1, 0.15) is 17.1 Å². The number of carbonyl (C=O) groups is 1. The summed E-state index contributed by atoms with van der Waals surface area (Å²) in [5.41, 5.74) is 0.0429. The predicted octanol–water partition coefficient (Wildman–Crippen LogP) is 4.82. The van der Waals surface area contributed by atoms with Crippen molar-refractivity contribution >= 4 is 6.09 Å². The van der Waals surface area contributed by atoms with Gasteiger partial charge in [-0.2, -0.15) is 0 Å². The van der Waals surface area contributed by atoms with Gasteiger partial charge in [-0.25, -0.2) is 4.79 Å². The van der Waals surface area contributed by atoms with Gasteiger partial charge in [-0.1, -0.05) is 6.92 Å². The van der Waals surface area contributed by atoms with Crippen LogP contribution in [0.25, 0.3) is 0 Å². The minimum atomic E-state index is -4.75. The zero-order valence-corrected chi connectivity index (χ0v) is 18.2. The molecule has 1 aromatic carbocycles. The Morgan fingerprint density at radius 3 is 2.47 bits per heavy atom. The van der Waals surface area contributed by atoms with E-state index in [4.69, 9.17) is 9.47 Å². The molecule has 170 valence electrons. The van der Waals surface area contributed by atoms with Crippen molar-refractivity contribution in [2.24, 2.45) is 0 Å². The van der Waals surface area contributed by atoms with E-state index in [2.05, 4.69) is 9.64 Å². The van der Waals surface area contributed by atoms with Crippen molar-refractivity contribution in [3.63, 3.8) is 0 Å². The molecule has 0 saturated carbocycles. The molecule has 1 saturated heterocycles. The maximum Gasteiger partial charge on any atom is 0.573 e. The van der Waals surface area contributed by atoms with Crippen molar-refractivity contribution in [1.82, 2.24) is 9.80 Å². The molecule has 0 aliphatic carbocycles.